The maximum atomic E-state index is 10.2. The summed E-state index contributed by atoms with van der Waals surface area (Å²) in [5, 5.41) is 17.9. The van der Waals surface area contributed by atoms with Crippen LogP contribution in [0.4, 0.5) is 4.79 Å². The van der Waals surface area contributed by atoms with E-state index in [-0.39, 0.29) is 15.2 Å². The molecule has 0 radical (unpaired) electrons. The number of ether oxygens (including phenoxy) is 1. The molecule has 0 saturated heterocycles. The highest BCUT2D eigenvalue weighted by Crippen LogP contribution is 2.40. The molecule has 4 nitrogen and oxygen atoms in total. The fraction of sp³-hybridized carbons (Fsp3) is 0.125. The SMILES string of the molecule is O=C(O)Oc1cccc(C(Br)Br)c1O. The Labute approximate surface area is 96.8 Å². The number of hydrogen-bond acceptors (Lipinski definition) is 3. The first-order chi connectivity index (χ1) is 6.52. The van der Waals surface area contributed by atoms with Crippen molar-refractivity contribution in [2.45, 2.75) is 3.74 Å². The van der Waals surface area contributed by atoms with E-state index in [2.05, 4.69) is 36.6 Å². The lowest BCUT2D eigenvalue weighted by molar-refractivity contribution is 0.143. The highest BCUT2D eigenvalue weighted by molar-refractivity contribution is 9.24. The van der Waals surface area contributed by atoms with Crippen LogP contribution in [0, 0.1) is 0 Å². The molecule has 0 heterocycles. The van der Waals surface area contributed by atoms with Crippen LogP contribution in [-0.2, 0) is 0 Å². The molecule has 0 amide bonds. The molecular weight excluding hydrogens is 320 g/mol. The highest BCUT2D eigenvalue weighted by Gasteiger charge is 2.14. The monoisotopic (exact) mass is 324 g/mol. The van der Waals surface area contributed by atoms with Crippen LogP contribution in [0.5, 0.6) is 11.5 Å². The second-order valence-electron chi connectivity index (χ2n) is 2.36. The van der Waals surface area contributed by atoms with E-state index in [1.54, 1.807) is 12.1 Å². The Hall–Kier alpha value is -0.750. The quantitative estimate of drug-likeness (QED) is 0.497. The number of rotatable bonds is 2. The summed E-state index contributed by atoms with van der Waals surface area (Å²) in [4.78, 5) is 10.2. The highest BCUT2D eigenvalue weighted by atomic mass is 79.9. The Morgan fingerprint density at radius 3 is 2.57 bits per heavy atom. The first kappa shape index (κ1) is 11.3. The standard InChI is InChI=1S/C8H6Br2O4/c9-7(10)4-2-1-3-5(6(4)11)14-8(12)13/h1-3,7,11H,(H,12,13). The van der Waals surface area contributed by atoms with Crippen LogP contribution >= 0.6 is 31.9 Å². The Morgan fingerprint density at radius 1 is 1.43 bits per heavy atom. The Morgan fingerprint density at radius 2 is 2.07 bits per heavy atom. The van der Waals surface area contributed by atoms with Gasteiger partial charge in [-0.05, 0) is 6.07 Å². The molecule has 2 N–H and O–H groups in total. The molecule has 0 atom stereocenters. The number of hydrogen-bond donors (Lipinski definition) is 2. The Balaban J connectivity index is 3.07. The van der Waals surface area contributed by atoms with Crippen LogP contribution in [0.25, 0.3) is 0 Å². The molecule has 14 heavy (non-hydrogen) atoms. The average Bonchev–Trinajstić information content (AvgIpc) is 2.07. The zero-order chi connectivity index (χ0) is 10.7. The number of benzene rings is 1. The summed E-state index contributed by atoms with van der Waals surface area (Å²) in [5.41, 5.74) is 0.503. The van der Waals surface area contributed by atoms with E-state index < -0.39 is 6.16 Å². The minimum absolute atomic E-state index is 0.0844. The summed E-state index contributed by atoms with van der Waals surface area (Å²) in [6.07, 6.45) is -1.46. The average molecular weight is 326 g/mol. The normalized spacial score (nSPS) is 10.2. The lowest BCUT2D eigenvalue weighted by Gasteiger charge is -2.08. The van der Waals surface area contributed by atoms with Crippen molar-refractivity contribution in [3.63, 3.8) is 0 Å². The number of alkyl halides is 2. The first-order valence-corrected chi connectivity index (χ1v) is 5.36. The molecule has 0 fully saturated rings. The van der Waals surface area contributed by atoms with Crippen molar-refractivity contribution in [1.82, 2.24) is 0 Å². The van der Waals surface area contributed by atoms with Gasteiger partial charge in [0.05, 0.1) is 3.74 Å². The zero-order valence-corrected chi connectivity index (χ0v) is 9.95. The maximum Gasteiger partial charge on any atom is 0.511 e. The van der Waals surface area contributed by atoms with E-state index in [9.17, 15) is 9.90 Å². The van der Waals surface area contributed by atoms with Gasteiger partial charge in [-0.25, -0.2) is 4.79 Å². The fourth-order valence-corrected chi connectivity index (χ4v) is 1.63. The summed E-state index contributed by atoms with van der Waals surface area (Å²) >= 11 is 6.37. The number of halogens is 2. The molecule has 1 rings (SSSR count). The molecule has 0 aliphatic heterocycles. The van der Waals surface area contributed by atoms with Gasteiger partial charge in [0.2, 0.25) is 0 Å². The molecule has 1 aromatic carbocycles. The van der Waals surface area contributed by atoms with E-state index in [1.165, 1.54) is 6.07 Å². The molecule has 0 saturated carbocycles. The second-order valence-corrected chi connectivity index (χ2v) is 5.42. The van der Waals surface area contributed by atoms with Crippen LogP contribution in [0.15, 0.2) is 18.2 Å². The molecule has 0 unspecified atom stereocenters. The first-order valence-electron chi connectivity index (χ1n) is 3.53. The minimum Gasteiger partial charge on any atom is -0.504 e. The topological polar surface area (TPSA) is 66.8 Å². The van der Waals surface area contributed by atoms with Crippen LogP contribution < -0.4 is 4.74 Å². The minimum atomic E-state index is -1.46. The molecular formula is C8H6Br2O4. The predicted molar refractivity (Wildman–Crippen MR) is 57.4 cm³/mol. The van der Waals surface area contributed by atoms with Crippen LogP contribution in [0.2, 0.25) is 0 Å². The van der Waals surface area contributed by atoms with Crippen molar-refractivity contribution in [1.29, 1.82) is 0 Å². The van der Waals surface area contributed by atoms with Crippen molar-refractivity contribution < 1.29 is 19.7 Å². The van der Waals surface area contributed by atoms with Crippen molar-refractivity contribution in [3.8, 4) is 11.5 Å². The summed E-state index contributed by atoms with van der Waals surface area (Å²) < 4.78 is 4.10. The molecule has 0 aliphatic rings. The van der Waals surface area contributed by atoms with Crippen molar-refractivity contribution in [3.05, 3.63) is 23.8 Å². The van der Waals surface area contributed by atoms with E-state index in [4.69, 9.17) is 5.11 Å². The van der Waals surface area contributed by atoms with E-state index >= 15 is 0 Å². The number of carbonyl (C=O) groups is 1. The van der Waals surface area contributed by atoms with Gasteiger partial charge in [0.25, 0.3) is 0 Å². The molecule has 1 aromatic rings. The number of para-hydroxylation sites is 1. The van der Waals surface area contributed by atoms with Crippen LogP contribution in [0.1, 0.15) is 9.30 Å². The Kier molecular flexibility index (Phi) is 3.77. The van der Waals surface area contributed by atoms with Gasteiger partial charge in [-0.1, -0.05) is 44.0 Å². The second kappa shape index (κ2) is 4.65. The maximum absolute atomic E-state index is 10.2. The van der Waals surface area contributed by atoms with Crippen molar-refractivity contribution in [2.75, 3.05) is 0 Å². The summed E-state index contributed by atoms with van der Waals surface area (Å²) in [6, 6.07) is 4.59. The van der Waals surface area contributed by atoms with E-state index in [0.717, 1.165) is 0 Å². The fourth-order valence-electron chi connectivity index (χ4n) is 0.892. The third kappa shape index (κ3) is 2.62. The summed E-state index contributed by atoms with van der Waals surface area (Å²) in [5.74, 6) is -0.285. The van der Waals surface area contributed by atoms with Crippen LogP contribution in [0.3, 0.4) is 0 Å². The third-order valence-corrected chi connectivity index (χ3v) is 2.45. The smallest absolute Gasteiger partial charge is 0.504 e. The molecule has 0 aromatic heterocycles. The molecule has 6 heteroatoms. The van der Waals surface area contributed by atoms with Gasteiger partial charge in [0.15, 0.2) is 11.5 Å². The largest absolute Gasteiger partial charge is 0.511 e. The van der Waals surface area contributed by atoms with Gasteiger partial charge >= 0.3 is 6.16 Å². The predicted octanol–water partition coefficient (Wildman–Crippen LogP) is 3.24. The van der Waals surface area contributed by atoms with Gasteiger partial charge in [-0.2, -0.15) is 0 Å². The molecule has 0 spiro atoms. The van der Waals surface area contributed by atoms with Gasteiger partial charge in [0, 0.05) is 5.56 Å². The number of phenols is 1. The summed E-state index contributed by atoms with van der Waals surface area (Å²) in [6.45, 7) is 0. The van der Waals surface area contributed by atoms with E-state index in [1.807, 2.05) is 0 Å². The lowest BCUT2D eigenvalue weighted by atomic mass is 10.2. The molecule has 76 valence electrons. The van der Waals surface area contributed by atoms with Crippen molar-refractivity contribution in [2.24, 2.45) is 0 Å². The van der Waals surface area contributed by atoms with Gasteiger partial charge < -0.3 is 14.9 Å². The molecule has 0 aliphatic carbocycles. The number of aromatic hydroxyl groups is 1. The lowest BCUT2D eigenvalue weighted by Crippen LogP contribution is -2.03. The van der Waals surface area contributed by atoms with Gasteiger partial charge in [0.1, 0.15) is 0 Å². The van der Waals surface area contributed by atoms with Crippen LogP contribution in [-0.4, -0.2) is 16.4 Å². The Bertz CT molecular complexity index is 351. The number of phenolic OH excluding ortho intramolecular Hbond substituents is 1. The van der Waals surface area contributed by atoms with Gasteiger partial charge in [-0.3, -0.25) is 0 Å². The van der Waals surface area contributed by atoms with Crippen molar-refractivity contribution >= 4 is 38.0 Å². The summed E-state index contributed by atoms with van der Waals surface area (Å²) in [7, 11) is 0. The zero-order valence-electron chi connectivity index (χ0n) is 6.78. The third-order valence-electron chi connectivity index (χ3n) is 1.46. The number of carboxylic acid groups (broad SMARTS) is 1. The molecule has 0 bridgehead atoms. The van der Waals surface area contributed by atoms with Gasteiger partial charge in [-0.15, -0.1) is 0 Å². The van der Waals surface area contributed by atoms with E-state index in [0.29, 0.717) is 5.56 Å².